The summed E-state index contributed by atoms with van der Waals surface area (Å²) in [4.78, 5) is 12.2. The number of hydrogen-bond donors (Lipinski definition) is 1. The van der Waals surface area contributed by atoms with Gasteiger partial charge in [0, 0.05) is 11.8 Å². The average Bonchev–Trinajstić information content (AvgIpc) is 3.12. The van der Waals surface area contributed by atoms with E-state index in [1.165, 1.54) is 17.3 Å². The zero-order chi connectivity index (χ0) is 18.5. The summed E-state index contributed by atoms with van der Waals surface area (Å²) in [6, 6.07) is 13.2. The lowest BCUT2D eigenvalue weighted by molar-refractivity contribution is -0.113. The van der Waals surface area contributed by atoms with E-state index in [0.717, 1.165) is 16.9 Å². The van der Waals surface area contributed by atoms with Gasteiger partial charge in [0.05, 0.1) is 18.6 Å². The van der Waals surface area contributed by atoms with Crippen LogP contribution in [0.1, 0.15) is 11.1 Å². The van der Waals surface area contributed by atoms with Gasteiger partial charge in [-0.25, -0.2) is 0 Å². The third-order valence-electron chi connectivity index (χ3n) is 3.86. The number of methoxy groups -OCH3 is 1. The molecule has 3 aromatic rings. The van der Waals surface area contributed by atoms with E-state index in [4.69, 9.17) is 4.74 Å². The lowest BCUT2D eigenvalue weighted by Crippen LogP contribution is -2.14. The van der Waals surface area contributed by atoms with Crippen LogP contribution in [0.4, 0.5) is 5.69 Å². The lowest BCUT2D eigenvalue weighted by Gasteiger charge is -2.08. The Labute approximate surface area is 155 Å². The van der Waals surface area contributed by atoms with E-state index in [2.05, 4.69) is 20.8 Å². The SMILES string of the molecule is COc1cccc(-n2nnnc2SCC(=O)Nc2ccc(C)c(C)c2)c1. The number of amides is 1. The summed E-state index contributed by atoms with van der Waals surface area (Å²) in [7, 11) is 1.60. The summed E-state index contributed by atoms with van der Waals surface area (Å²) in [5, 5.41) is 15.1. The molecule has 0 fully saturated rings. The van der Waals surface area contributed by atoms with Gasteiger partial charge in [0.2, 0.25) is 11.1 Å². The first kappa shape index (κ1) is 17.9. The smallest absolute Gasteiger partial charge is 0.234 e. The summed E-state index contributed by atoms with van der Waals surface area (Å²) in [6.45, 7) is 4.05. The molecule has 0 saturated carbocycles. The molecule has 0 bridgehead atoms. The number of rotatable bonds is 6. The minimum atomic E-state index is -0.113. The topological polar surface area (TPSA) is 81.9 Å². The Morgan fingerprint density at radius 1 is 1.19 bits per heavy atom. The number of hydrogen-bond acceptors (Lipinski definition) is 6. The zero-order valence-electron chi connectivity index (χ0n) is 14.8. The highest BCUT2D eigenvalue weighted by molar-refractivity contribution is 7.99. The summed E-state index contributed by atoms with van der Waals surface area (Å²) < 4.78 is 6.80. The van der Waals surface area contributed by atoms with Crippen molar-refractivity contribution >= 4 is 23.4 Å². The number of carbonyl (C=O) groups excluding carboxylic acids is 1. The Kier molecular flexibility index (Phi) is 5.52. The number of aryl methyl sites for hydroxylation is 2. The van der Waals surface area contributed by atoms with Crippen molar-refractivity contribution in [3.8, 4) is 11.4 Å². The molecule has 0 atom stereocenters. The van der Waals surface area contributed by atoms with Gasteiger partial charge in [-0.05, 0) is 59.7 Å². The number of nitrogens with zero attached hydrogens (tertiary/aromatic N) is 4. The number of carbonyl (C=O) groups is 1. The Bertz CT molecular complexity index is 925. The second-order valence-electron chi connectivity index (χ2n) is 5.71. The van der Waals surface area contributed by atoms with Crippen LogP contribution in [0.3, 0.4) is 0 Å². The molecule has 3 rings (SSSR count). The fourth-order valence-corrected chi connectivity index (χ4v) is 3.01. The monoisotopic (exact) mass is 369 g/mol. The van der Waals surface area contributed by atoms with Crippen molar-refractivity contribution in [2.45, 2.75) is 19.0 Å². The molecule has 0 unspecified atom stereocenters. The lowest BCUT2D eigenvalue weighted by atomic mass is 10.1. The Morgan fingerprint density at radius 3 is 2.81 bits per heavy atom. The second kappa shape index (κ2) is 8.01. The fourth-order valence-electron chi connectivity index (χ4n) is 2.32. The predicted octanol–water partition coefficient (Wildman–Crippen LogP) is 3.02. The molecule has 26 heavy (non-hydrogen) atoms. The van der Waals surface area contributed by atoms with Crippen LogP contribution in [0, 0.1) is 13.8 Å². The molecule has 1 N–H and O–H groups in total. The third kappa shape index (κ3) is 4.20. The highest BCUT2D eigenvalue weighted by Gasteiger charge is 2.12. The quantitative estimate of drug-likeness (QED) is 0.673. The molecule has 0 spiro atoms. The summed E-state index contributed by atoms with van der Waals surface area (Å²) in [6.07, 6.45) is 0. The Hall–Kier alpha value is -2.87. The van der Waals surface area contributed by atoms with E-state index in [9.17, 15) is 4.79 Å². The van der Waals surface area contributed by atoms with Crippen LogP contribution in [0.5, 0.6) is 5.75 Å². The second-order valence-corrected chi connectivity index (χ2v) is 6.65. The maximum atomic E-state index is 12.2. The largest absolute Gasteiger partial charge is 0.497 e. The van der Waals surface area contributed by atoms with Gasteiger partial charge in [-0.2, -0.15) is 4.68 Å². The van der Waals surface area contributed by atoms with Gasteiger partial charge in [-0.15, -0.1) is 5.10 Å². The highest BCUT2D eigenvalue weighted by atomic mass is 32.2. The molecule has 0 aliphatic heterocycles. The van der Waals surface area contributed by atoms with E-state index in [-0.39, 0.29) is 11.7 Å². The minimum absolute atomic E-state index is 0.113. The van der Waals surface area contributed by atoms with Crippen molar-refractivity contribution in [3.05, 3.63) is 53.6 Å². The molecule has 2 aromatic carbocycles. The number of nitrogens with one attached hydrogen (secondary N) is 1. The molecule has 8 heteroatoms. The summed E-state index contributed by atoms with van der Waals surface area (Å²) in [5.74, 6) is 0.803. The Balaban J connectivity index is 1.66. The van der Waals surface area contributed by atoms with E-state index < -0.39 is 0 Å². The van der Waals surface area contributed by atoms with Crippen LogP contribution in [-0.4, -0.2) is 39.0 Å². The van der Waals surface area contributed by atoms with E-state index in [1.807, 2.05) is 56.3 Å². The van der Waals surface area contributed by atoms with Crippen molar-refractivity contribution in [2.24, 2.45) is 0 Å². The van der Waals surface area contributed by atoms with Crippen LogP contribution in [-0.2, 0) is 4.79 Å². The predicted molar refractivity (Wildman–Crippen MR) is 101 cm³/mol. The van der Waals surface area contributed by atoms with Gasteiger partial charge in [0.25, 0.3) is 0 Å². The molecule has 1 heterocycles. The van der Waals surface area contributed by atoms with E-state index in [0.29, 0.717) is 10.9 Å². The van der Waals surface area contributed by atoms with Crippen LogP contribution in [0.2, 0.25) is 0 Å². The number of benzene rings is 2. The van der Waals surface area contributed by atoms with Crippen LogP contribution < -0.4 is 10.1 Å². The molecular formula is C18H19N5O2S. The first-order valence-electron chi connectivity index (χ1n) is 7.99. The number of anilines is 1. The number of ether oxygens (including phenoxy) is 1. The minimum Gasteiger partial charge on any atom is -0.497 e. The van der Waals surface area contributed by atoms with E-state index >= 15 is 0 Å². The number of aromatic nitrogens is 4. The van der Waals surface area contributed by atoms with Gasteiger partial charge in [-0.3, -0.25) is 4.79 Å². The normalized spacial score (nSPS) is 10.6. The first-order chi connectivity index (χ1) is 12.6. The first-order valence-corrected chi connectivity index (χ1v) is 8.98. The standard InChI is InChI=1S/C18H19N5O2S/c1-12-7-8-14(9-13(12)2)19-17(24)11-26-18-20-21-22-23(18)15-5-4-6-16(10-15)25-3/h4-10H,11H2,1-3H3,(H,19,24). The molecule has 7 nitrogen and oxygen atoms in total. The molecule has 1 amide bonds. The van der Waals surface area contributed by atoms with Gasteiger partial charge < -0.3 is 10.1 Å². The number of tetrazole rings is 1. The molecule has 0 saturated heterocycles. The van der Waals surface area contributed by atoms with Gasteiger partial charge in [-0.1, -0.05) is 23.9 Å². The van der Waals surface area contributed by atoms with Crippen molar-refractivity contribution in [1.82, 2.24) is 20.2 Å². The third-order valence-corrected chi connectivity index (χ3v) is 4.78. The summed E-state index contributed by atoms with van der Waals surface area (Å²) in [5.41, 5.74) is 3.88. The molecule has 0 aliphatic carbocycles. The van der Waals surface area contributed by atoms with Crippen LogP contribution >= 0.6 is 11.8 Å². The van der Waals surface area contributed by atoms with Crippen LogP contribution in [0.25, 0.3) is 5.69 Å². The van der Waals surface area contributed by atoms with Crippen molar-refractivity contribution in [3.63, 3.8) is 0 Å². The zero-order valence-corrected chi connectivity index (χ0v) is 15.6. The van der Waals surface area contributed by atoms with Gasteiger partial charge >= 0.3 is 0 Å². The van der Waals surface area contributed by atoms with Crippen molar-refractivity contribution in [1.29, 1.82) is 0 Å². The molecule has 0 radical (unpaired) electrons. The van der Waals surface area contributed by atoms with Crippen molar-refractivity contribution in [2.75, 3.05) is 18.2 Å². The fraction of sp³-hybridized carbons (Fsp3) is 0.222. The Morgan fingerprint density at radius 2 is 2.04 bits per heavy atom. The average molecular weight is 369 g/mol. The highest BCUT2D eigenvalue weighted by Crippen LogP contribution is 2.22. The maximum Gasteiger partial charge on any atom is 0.234 e. The van der Waals surface area contributed by atoms with Crippen LogP contribution in [0.15, 0.2) is 47.6 Å². The number of thioether (sulfide) groups is 1. The van der Waals surface area contributed by atoms with E-state index in [1.54, 1.807) is 11.8 Å². The van der Waals surface area contributed by atoms with Crippen molar-refractivity contribution < 1.29 is 9.53 Å². The molecule has 1 aromatic heterocycles. The summed E-state index contributed by atoms with van der Waals surface area (Å²) >= 11 is 1.27. The molecular weight excluding hydrogens is 350 g/mol. The van der Waals surface area contributed by atoms with Gasteiger partial charge in [0.15, 0.2) is 0 Å². The maximum absolute atomic E-state index is 12.2. The van der Waals surface area contributed by atoms with Gasteiger partial charge in [0.1, 0.15) is 5.75 Å². The molecule has 0 aliphatic rings. The molecule has 134 valence electrons.